The number of hydrogen-bond acceptors (Lipinski definition) is 4. The fraction of sp³-hybridized carbons (Fsp3) is 1.00. The van der Waals surface area contributed by atoms with Crippen LogP contribution in [0.1, 0.15) is 6.42 Å². The van der Waals surface area contributed by atoms with Crippen molar-refractivity contribution >= 4 is 0 Å². The third-order valence-corrected chi connectivity index (χ3v) is 4.24. The molecule has 4 heteroatoms. The number of rotatable bonds is 2. The molecule has 0 bridgehead atoms. The summed E-state index contributed by atoms with van der Waals surface area (Å²) in [5, 5.41) is 3.60. The Hall–Kier alpha value is -0.160. The molecule has 3 atom stereocenters. The van der Waals surface area contributed by atoms with Gasteiger partial charge in [-0.05, 0) is 25.9 Å². The van der Waals surface area contributed by atoms with E-state index >= 15 is 0 Å². The van der Waals surface area contributed by atoms with Gasteiger partial charge in [0.05, 0.1) is 12.7 Å². The van der Waals surface area contributed by atoms with Crippen LogP contribution in [0.5, 0.6) is 0 Å². The SMILES string of the molecule is CN1CCOC(CN2C[C@@H]3CCN[C@@H]3C2)C1. The summed E-state index contributed by atoms with van der Waals surface area (Å²) in [7, 11) is 2.19. The number of morpholine rings is 1. The van der Waals surface area contributed by atoms with Gasteiger partial charge in [0.1, 0.15) is 0 Å². The molecule has 4 nitrogen and oxygen atoms in total. The molecule has 0 spiro atoms. The summed E-state index contributed by atoms with van der Waals surface area (Å²) in [5.74, 6) is 0.904. The largest absolute Gasteiger partial charge is 0.374 e. The Labute approximate surface area is 97.9 Å². The van der Waals surface area contributed by atoms with Crippen LogP contribution in [-0.4, -0.2) is 74.9 Å². The van der Waals surface area contributed by atoms with Gasteiger partial charge >= 0.3 is 0 Å². The molecule has 0 saturated carbocycles. The average molecular weight is 225 g/mol. The van der Waals surface area contributed by atoms with Crippen molar-refractivity contribution in [3.8, 4) is 0 Å². The zero-order valence-corrected chi connectivity index (χ0v) is 10.2. The van der Waals surface area contributed by atoms with Gasteiger partial charge in [0, 0.05) is 38.8 Å². The second-order valence-corrected chi connectivity index (χ2v) is 5.58. The van der Waals surface area contributed by atoms with Crippen molar-refractivity contribution in [2.45, 2.75) is 18.6 Å². The molecule has 0 aromatic rings. The first-order valence-electron chi connectivity index (χ1n) is 6.57. The van der Waals surface area contributed by atoms with Crippen LogP contribution < -0.4 is 5.32 Å². The molecule has 92 valence electrons. The number of ether oxygens (including phenoxy) is 1. The molecular formula is C12H23N3O. The number of hydrogen-bond donors (Lipinski definition) is 1. The lowest BCUT2D eigenvalue weighted by Gasteiger charge is -2.32. The fourth-order valence-corrected chi connectivity index (χ4v) is 3.35. The van der Waals surface area contributed by atoms with Crippen molar-refractivity contribution in [1.82, 2.24) is 15.1 Å². The summed E-state index contributed by atoms with van der Waals surface area (Å²) < 4.78 is 5.83. The van der Waals surface area contributed by atoms with E-state index in [0.29, 0.717) is 6.10 Å². The lowest BCUT2D eigenvalue weighted by Crippen LogP contribution is -2.46. The Morgan fingerprint density at radius 1 is 1.31 bits per heavy atom. The highest BCUT2D eigenvalue weighted by molar-refractivity contribution is 4.94. The second kappa shape index (κ2) is 4.61. The molecule has 0 aliphatic carbocycles. The predicted molar refractivity (Wildman–Crippen MR) is 63.6 cm³/mol. The van der Waals surface area contributed by atoms with E-state index < -0.39 is 0 Å². The molecule has 3 saturated heterocycles. The van der Waals surface area contributed by atoms with E-state index in [4.69, 9.17) is 4.74 Å². The molecule has 16 heavy (non-hydrogen) atoms. The number of likely N-dealkylation sites (tertiary alicyclic amines) is 1. The maximum atomic E-state index is 5.83. The molecule has 0 amide bonds. The van der Waals surface area contributed by atoms with Crippen LogP contribution in [0, 0.1) is 5.92 Å². The zero-order valence-electron chi connectivity index (χ0n) is 10.2. The summed E-state index contributed by atoms with van der Waals surface area (Å²) in [6.45, 7) is 7.95. The predicted octanol–water partition coefficient (Wildman–Crippen LogP) is -0.389. The quantitative estimate of drug-likeness (QED) is 0.693. The van der Waals surface area contributed by atoms with Gasteiger partial charge in [-0.2, -0.15) is 0 Å². The van der Waals surface area contributed by atoms with Crippen LogP contribution in [0.15, 0.2) is 0 Å². The summed E-state index contributed by atoms with van der Waals surface area (Å²) in [5.41, 5.74) is 0. The van der Waals surface area contributed by atoms with Crippen LogP contribution in [0.3, 0.4) is 0 Å². The lowest BCUT2D eigenvalue weighted by molar-refractivity contribution is -0.0334. The monoisotopic (exact) mass is 225 g/mol. The Morgan fingerprint density at radius 3 is 3.06 bits per heavy atom. The smallest absolute Gasteiger partial charge is 0.0829 e. The van der Waals surface area contributed by atoms with Crippen LogP contribution in [0.4, 0.5) is 0 Å². The highest BCUT2D eigenvalue weighted by Crippen LogP contribution is 2.24. The summed E-state index contributed by atoms with van der Waals surface area (Å²) in [6.07, 6.45) is 1.80. The molecule has 1 N–H and O–H groups in total. The first-order valence-corrected chi connectivity index (χ1v) is 6.57. The Balaban J connectivity index is 1.48. The van der Waals surface area contributed by atoms with Gasteiger partial charge in [0.2, 0.25) is 0 Å². The molecular weight excluding hydrogens is 202 g/mol. The van der Waals surface area contributed by atoms with Crippen molar-refractivity contribution in [3.05, 3.63) is 0 Å². The van der Waals surface area contributed by atoms with Crippen LogP contribution in [0.2, 0.25) is 0 Å². The molecule has 3 heterocycles. The van der Waals surface area contributed by atoms with Crippen molar-refractivity contribution in [3.63, 3.8) is 0 Å². The second-order valence-electron chi connectivity index (χ2n) is 5.58. The molecule has 3 rings (SSSR count). The summed E-state index contributed by atoms with van der Waals surface area (Å²) in [6, 6.07) is 0.765. The number of fused-ring (bicyclic) bond motifs is 1. The topological polar surface area (TPSA) is 27.7 Å². The van der Waals surface area contributed by atoms with Gasteiger partial charge in [-0.25, -0.2) is 0 Å². The molecule has 3 aliphatic heterocycles. The highest BCUT2D eigenvalue weighted by Gasteiger charge is 2.36. The first-order chi connectivity index (χ1) is 7.81. The summed E-state index contributed by atoms with van der Waals surface area (Å²) in [4.78, 5) is 4.97. The summed E-state index contributed by atoms with van der Waals surface area (Å²) >= 11 is 0. The Bertz CT molecular complexity index is 236. The van der Waals surface area contributed by atoms with E-state index in [0.717, 1.165) is 38.2 Å². The van der Waals surface area contributed by atoms with E-state index in [9.17, 15) is 0 Å². The first kappa shape index (κ1) is 11.0. The molecule has 3 aliphatic rings. The van der Waals surface area contributed by atoms with Crippen molar-refractivity contribution in [2.75, 3.05) is 52.9 Å². The van der Waals surface area contributed by atoms with Crippen LogP contribution >= 0.6 is 0 Å². The van der Waals surface area contributed by atoms with Gasteiger partial charge in [-0.15, -0.1) is 0 Å². The minimum absolute atomic E-state index is 0.428. The maximum absolute atomic E-state index is 5.83. The Kier molecular flexibility index (Phi) is 3.16. The average Bonchev–Trinajstić information content (AvgIpc) is 2.77. The van der Waals surface area contributed by atoms with Gasteiger partial charge in [-0.1, -0.05) is 0 Å². The van der Waals surface area contributed by atoms with Gasteiger partial charge in [0.15, 0.2) is 0 Å². The minimum Gasteiger partial charge on any atom is -0.374 e. The van der Waals surface area contributed by atoms with Crippen molar-refractivity contribution in [2.24, 2.45) is 5.92 Å². The number of nitrogens with zero attached hydrogens (tertiary/aromatic N) is 2. The molecule has 0 radical (unpaired) electrons. The van der Waals surface area contributed by atoms with E-state index in [1.54, 1.807) is 0 Å². The van der Waals surface area contributed by atoms with Gasteiger partial charge in [-0.3, -0.25) is 4.90 Å². The molecule has 0 aromatic heterocycles. The molecule has 3 fully saturated rings. The maximum Gasteiger partial charge on any atom is 0.0829 e. The van der Waals surface area contributed by atoms with E-state index in [-0.39, 0.29) is 0 Å². The Morgan fingerprint density at radius 2 is 2.25 bits per heavy atom. The third-order valence-electron chi connectivity index (χ3n) is 4.24. The number of nitrogens with one attached hydrogen (secondary N) is 1. The van der Waals surface area contributed by atoms with E-state index in [1.165, 1.54) is 26.1 Å². The standard InChI is InChI=1S/C12H23N3O/c1-14-4-5-16-11(7-14)8-15-6-10-2-3-13-12(10)9-15/h10-13H,2-9H2,1H3/t10-,11?,12+/m0/s1. The molecule has 0 aromatic carbocycles. The third kappa shape index (κ3) is 2.25. The van der Waals surface area contributed by atoms with Crippen LogP contribution in [-0.2, 0) is 4.74 Å². The molecule has 1 unspecified atom stereocenters. The van der Waals surface area contributed by atoms with Gasteiger partial charge < -0.3 is 15.0 Å². The zero-order chi connectivity index (χ0) is 11.0. The van der Waals surface area contributed by atoms with E-state index in [1.807, 2.05) is 0 Å². The minimum atomic E-state index is 0.428. The van der Waals surface area contributed by atoms with Crippen molar-refractivity contribution in [1.29, 1.82) is 0 Å². The lowest BCUT2D eigenvalue weighted by atomic mass is 10.1. The highest BCUT2D eigenvalue weighted by atomic mass is 16.5. The normalized spacial score (nSPS) is 41.4. The van der Waals surface area contributed by atoms with E-state index in [2.05, 4.69) is 22.2 Å². The fourth-order valence-electron chi connectivity index (χ4n) is 3.35. The number of likely N-dealkylation sites (N-methyl/N-ethyl adjacent to an activating group) is 1. The van der Waals surface area contributed by atoms with Gasteiger partial charge in [0.25, 0.3) is 0 Å². The van der Waals surface area contributed by atoms with Crippen LogP contribution in [0.25, 0.3) is 0 Å². The van der Waals surface area contributed by atoms with Crippen molar-refractivity contribution < 1.29 is 4.74 Å².